The van der Waals surface area contributed by atoms with E-state index in [2.05, 4.69) is 6.92 Å². The van der Waals surface area contributed by atoms with E-state index in [-0.39, 0.29) is 11.9 Å². The van der Waals surface area contributed by atoms with Gasteiger partial charge >= 0.3 is 5.97 Å². The molecule has 1 aliphatic carbocycles. The summed E-state index contributed by atoms with van der Waals surface area (Å²) in [6, 6.07) is 9.83. The molecule has 1 saturated carbocycles. The highest BCUT2D eigenvalue weighted by molar-refractivity contribution is 5.72. The van der Waals surface area contributed by atoms with Crippen LogP contribution in [0, 0.1) is 11.8 Å². The van der Waals surface area contributed by atoms with E-state index in [1.54, 1.807) is 0 Å². The van der Waals surface area contributed by atoms with Gasteiger partial charge in [0.1, 0.15) is 6.61 Å². The Morgan fingerprint density at radius 2 is 2.06 bits per heavy atom. The van der Waals surface area contributed by atoms with Gasteiger partial charge in [-0.1, -0.05) is 37.3 Å². The summed E-state index contributed by atoms with van der Waals surface area (Å²) in [6.45, 7) is 2.61. The Kier molecular flexibility index (Phi) is 3.60. The van der Waals surface area contributed by atoms with E-state index in [0.717, 1.165) is 24.8 Å². The number of carbonyl (C=O) groups is 1. The van der Waals surface area contributed by atoms with Crippen LogP contribution in [0.2, 0.25) is 0 Å². The van der Waals surface area contributed by atoms with Crippen LogP contribution < -0.4 is 0 Å². The standard InChI is InChI=1S/C14H18O2/c1-11-7-8-13(9-11)14(15)16-10-12-5-3-2-4-6-12/h2-6,11,13H,7-10H2,1H3/t11-,13-/m0/s1. The van der Waals surface area contributed by atoms with Crippen LogP contribution in [0.25, 0.3) is 0 Å². The highest BCUT2D eigenvalue weighted by Crippen LogP contribution is 2.31. The summed E-state index contributed by atoms with van der Waals surface area (Å²) in [4.78, 5) is 11.7. The topological polar surface area (TPSA) is 26.3 Å². The van der Waals surface area contributed by atoms with Gasteiger partial charge in [0, 0.05) is 0 Å². The van der Waals surface area contributed by atoms with Gasteiger partial charge in [0.25, 0.3) is 0 Å². The van der Waals surface area contributed by atoms with Gasteiger partial charge in [0.15, 0.2) is 0 Å². The summed E-state index contributed by atoms with van der Waals surface area (Å²) >= 11 is 0. The van der Waals surface area contributed by atoms with Gasteiger partial charge in [-0.05, 0) is 30.7 Å². The summed E-state index contributed by atoms with van der Waals surface area (Å²) in [5.41, 5.74) is 1.06. The van der Waals surface area contributed by atoms with Crippen LogP contribution in [0.3, 0.4) is 0 Å². The Hall–Kier alpha value is -1.31. The first kappa shape index (κ1) is 11.2. The van der Waals surface area contributed by atoms with Gasteiger partial charge in [0.2, 0.25) is 0 Å². The molecule has 0 heterocycles. The van der Waals surface area contributed by atoms with E-state index in [1.807, 2.05) is 30.3 Å². The third kappa shape index (κ3) is 2.84. The molecule has 0 aromatic heterocycles. The zero-order chi connectivity index (χ0) is 11.4. The van der Waals surface area contributed by atoms with Crippen molar-refractivity contribution < 1.29 is 9.53 Å². The number of hydrogen-bond donors (Lipinski definition) is 0. The van der Waals surface area contributed by atoms with Crippen molar-refractivity contribution in [3.8, 4) is 0 Å². The molecule has 0 spiro atoms. The summed E-state index contributed by atoms with van der Waals surface area (Å²) < 4.78 is 5.32. The Bertz CT molecular complexity index is 345. The van der Waals surface area contributed by atoms with Crippen molar-refractivity contribution >= 4 is 5.97 Å². The molecule has 0 N–H and O–H groups in total. The van der Waals surface area contributed by atoms with E-state index in [0.29, 0.717) is 12.5 Å². The average molecular weight is 218 g/mol. The molecule has 2 rings (SSSR count). The lowest BCUT2D eigenvalue weighted by Gasteiger charge is -2.09. The van der Waals surface area contributed by atoms with Gasteiger partial charge in [-0.2, -0.15) is 0 Å². The molecule has 2 heteroatoms. The van der Waals surface area contributed by atoms with E-state index < -0.39 is 0 Å². The second-order valence-electron chi connectivity index (χ2n) is 4.71. The Morgan fingerprint density at radius 3 is 2.69 bits per heavy atom. The molecule has 1 fully saturated rings. The molecule has 16 heavy (non-hydrogen) atoms. The number of rotatable bonds is 3. The highest BCUT2D eigenvalue weighted by atomic mass is 16.5. The zero-order valence-electron chi connectivity index (χ0n) is 9.69. The fourth-order valence-electron chi connectivity index (χ4n) is 2.27. The van der Waals surface area contributed by atoms with Crippen molar-refractivity contribution in [2.75, 3.05) is 0 Å². The van der Waals surface area contributed by atoms with E-state index in [1.165, 1.54) is 0 Å². The summed E-state index contributed by atoms with van der Waals surface area (Å²) in [6.07, 6.45) is 3.15. The second-order valence-corrected chi connectivity index (χ2v) is 4.71. The fourth-order valence-corrected chi connectivity index (χ4v) is 2.27. The van der Waals surface area contributed by atoms with E-state index in [4.69, 9.17) is 4.74 Å². The number of carbonyl (C=O) groups excluding carboxylic acids is 1. The lowest BCUT2D eigenvalue weighted by Crippen LogP contribution is -2.14. The number of benzene rings is 1. The highest BCUT2D eigenvalue weighted by Gasteiger charge is 2.28. The maximum Gasteiger partial charge on any atom is 0.309 e. The predicted molar refractivity (Wildman–Crippen MR) is 62.7 cm³/mol. The second kappa shape index (κ2) is 5.15. The smallest absolute Gasteiger partial charge is 0.309 e. The predicted octanol–water partition coefficient (Wildman–Crippen LogP) is 3.17. The molecule has 2 atom stereocenters. The van der Waals surface area contributed by atoms with Crippen molar-refractivity contribution in [3.05, 3.63) is 35.9 Å². The minimum Gasteiger partial charge on any atom is -0.461 e. The van der Waals surface area contributed by atoms with E-state index >= 15 is 0 Å². The lowest BCUT2D eigenvalue weighted by molar-refractivity contribution is -0.149. The quantitative estimate of drug-likeness (QED) is 0.728. The third-order valence-electron chi connectivity index (χ3n) is 3.25. The molecule has 0 unspecified atom stereocenters. The minimum atomic E-state index is -0.0202. The molecular weight excluding hydrogens is 200 g/mol. The zero-order valence-corrected chi connectivity index (χ0v) is 9.69. The SMILES string of the molecule is C[C@H]1CC[C@H](C(=O)OCc2ccccc2)C1. The molecule has 1 aromatic rings. The monoisotopic (exact) mass is 218 g/mol. The van der Waals surface area contributed by atoms with Crippen molar-refractivity contribution in [3.63, 3.8) is 0 Å². The van der Waals surface area contributed by atoms with Crippen LogP contribution in [0.4, 0.5) is 0 Å². The van der Waals surface area contributed by atoms with Crippen molar-refractivity contribution in [1.29, 1.82) is 0 Å². The molecule has 86 valence electrons. The van der Waals surface area contributed by atoms with E-state index in [9.17, 15) is 4.79 Å². The lowest BCUT2D eigenvalue weighted by atomic mass is 10.1. The Morgan fingerprint density at radius 1 is 1.31 bits per heavy atom. The van der Waals surface area contributed by atoms with Crippen molar-refractivity contribution in [1.82, 2.24) is 0 Å². The maximum absolute atomic E-state index is 11.7. The molecule has 0 saturated heterocycles. The fraction of sp³-hybridized carbons (Fsp3) is 0.500. The first-order chi connectivity index (χ1) is 7.75. The Balaban J connectivity index is 1.80. The molecule has 0 bridgehead atoms. The molecule has 1 aromatic carbocycles. The summed E-state index contributed by atoms with van der Waals surface area (Å²) in [7, 11) is 0. The normalized spacial score (nSPS) is 24.3. The molecule has 0 aliphatic heterocycles. The van der Waals surface area contributed by atoms with Crippen LogP contribution in [0.5, 0.6) is 0 Å². The van der Waals surface area contributed by atoms with Crippen molar-refractivity contribution in [2.24, 2.45) is 11.8 Å². The van der Waals surface area contributed by atoms with Gasteiger partial charge in [-0.15, -0.1) is 0 Å². The van der Waals surface area contributed by atoms with Gasteiger partial charge in [-0.25, -0.2) is 0 Å². The molecule has 2 nitrogen and oxygen atoms in total. The van der Waals surface area contributed by atoms with Crippen LogP contribution in [-0.2, 0) is 16.1 Å². The first-order valence-electron chi connectivity index (χ1n) is 5.96. The summed E-state index contributed by atoms with van der Waals surface area (Å²) in [5.74, 6) is 0.793. The largest absolute Gasteiger partial charge is 0.461 e. The van der Waals surface area contributed by atoms with Crippen LogP contribution in [0.1, 0.15) is 31.7 Å². The molecular formula is C14H18O2. The van der Waals surface area contributed by atoms with Gasteiger partial charge in [0.05, 0.1) is 5.92 Å². The molecule has 1 aliphatic rings. The number of ether oxygens (including phenoxy) is 1. The van der Waals surface area contributed by atoms with Crippen molar-refractivity contribution in [2.45, 2.75) is 32.8 Å². The van der Waals surface area contributed by atoms with Crippen LogP contribution >= 0.6 is 0 Å². The Labute approximate surface area is 96.6 Å². The molecule has 0 amide bonds. The third-order valence-corrected chi connectivity index (χ3v) is 3.25. The van der Waals surface area contributed by atoms with Crippen LogP contribution in [0.15, 0.2) is 30.3 Å². The summed E-state index contributed by atoms with van der Waals surface area (Å²) in [5, 5.41) is 0. The number of hydrogen-bond acceptors (Lipinski definition) is 2. The first-order valence-corrected chi connectivity index (χ1v) is 5.96. The average Bonchev–Trinajstić information content (AvgIpc) is 2.74. The van der Waals surface area contributed by atoms with Gasteiger partial charge in [-0.3, -0.25) is 4.79 Å². The van der Waals surface area contributed by atoms with Gasteiger partial charge < -0.3 is 4.74 Å². The maximum atomic E-state index is 11.7. The number of esters is 1. The molecule has 0 radical (unpaired) electrons. The van der Waals surface area contributed by atoms with Crippen LogP contribution in [-0.4, -0.2) is 5.97 Å². The minimum absolute atomic E-state index is 0.0202.